The van der Waals surface area contributed by atoms with Crippen LogP contribution in [0.2, 0.25) is 0 Å². The Kier molecular flexibility index (Phi) is 5.01. The Morgan fingerprint density at radius 3 is 2.56 bits per heavy atom. The van der Waals surface area contributed by atoms with Crippen molar-refractivity contribution >= 4 is 11.7 Å². The molecule has 0 saturated heterocycles. The van der Waals surface area contributed by atoms with Crippen molar-refractivity contribution < 1.29 is 14.6 Å². The van der Waals surface area contributed by atoms with E-state index in [1.165, 1.54) is 5.56 Å². The first kappa shape index (κ1) is 14.4. The minimum atomic E-state index is -0.744. The van der Waals surface area contributed by atoms with Crippen molar-refractivity contribution in [3.63, 3.8) is 0 Å². The summed E-state index contributed by atoms with van der Waals surface area (Å²) in [6.07, 6.45) is 0.856. The maximum Gasteiger partial charge on any atom is 0.303 e. The van der Waals surface area contributed by atoms with Gasteiger partial charge in [-0.05, 0) is 43.5 Å². The van der Waals surface area contributed by atoms with Crippen LogP contribution in [0.15, 0.2) is 12.1 Å². The molecular weight excluding hydrogens is 230 g/mol. The van der Waals surface area contributed by atoms with E-state index < -0.39 is 5.97 Å². The molecular formula is C14H21NO3. The molecule has 0 aliphatic carbocycles. The fraction of sp³-hybridized carbons (Fsp3) is 0.500. The molecule has 0 radical (unpaired) electrons. The van der Waals surface area contributed by atoms with E-state index >= 15 is 0 Å². The van der Waals surface area contributed by atoms with E-state index in [4.69, 9.17) is 9.84 Å². The van der Waals surface area contributed by atoms with Crippen molar-refractivity contribution in [3.05, 3.63) is 23.3 Å². The van der Waals surface area contributed by atoms with Gasteiger partial charge in [-0.25, -0.2) is 0 Å². The second-order valence-corrected chi connectivity index (χ2v) is 4.46. The van der Waals surface area contributed by atoms with Crippen LogP contribution in [0.5, 0.6) is 5.75 Å². The number of rotatable bonds is 6. The molecule has 0 fully saturated rings. The van der Waals surface area contributed by atoms with Gasteiger partial charge in [0.05, 0.1) is 7.11 Å². The van der Waals surface area contributed by atoms with Gasteiger partial charge in [0.25, 0.3) is 0 Å². The number of hydrogen-bond acceptors (Lipinski definition) is 3. The molecule has 100 valence electrons. The average Bonchev–Trinajstić information content (AvgIpc) is 2.32. The zero-order valence-electron chi connectivity index (χ0n) is 11.5. The van der Waals surface area contributed by atoms with Crippen molar-refractivity contribution in [2.24, 2.45) is 0 Å². The topological polar surface area (TPSA) is 49.8 Å². The number of methoxy groups -OCH3 is 1. The highest BCUT2D eigenvalue weighted by atomic mass is 16.5. The molecule has 0 amide bonds. The third kappa shape index (κ3) is 3.39. The molecule has 1 aromatic carbocycles. The summed E-state index contributed by atoms with van der Waals surface area (Å²) in [6.45, 7) is 4.82. The zero-order chi connectivity index (χ0) is 13.7. The van der Waals surface area contributed by atoms with E-state index in [0.717, 1.165) is 23.5 Å². The Morgan fingerprint density at radius 2 is 2.00 bits per heavy atom. The Hall–Kier alpha value is -1.71. The summed E-state index contributed by atoms with van der Waals surface area (Å²) in [5.74, 6) is 0.140. The van der Waals surface area contributed by atoms with E-state index in [2.05, 4.69) is 11.8 Å². The SMILES string of the molecule is COc1ccc(N(C)CCCC(=O)O)c(C)c1C. The molecule has 0 spiro atoms. The van der Waals surface area contributed by atoms with E-state index in [1.54, 1.807) is 7.11 Å². The van der Waals surface area contributed by atoms with Crippen molar-refractivity contribution in [1.29, 1.82) is 0 Å². The van der Waals surface area contributed by atoms with Crippen LogP contribution in [0.4, 0.5) is 5.69 Å². The van der Waals surface area contributed by atoms with E-state index in [-0.39, 0.29) is 6.42 Å². The normalized spacial score (nSPS) is 10.2. The van der Waals surface area contributed by atoms with Gasteiger partial charge in [-0.1, -0.05) is 0 Å². The molecule has 1 aromatic rings. The fourth-order valence-corrected chi connectivity index (χ4v) is 2.00. The van der Waals surface area contributed by atoms with E-state index in [9.17, 15) is 4.79 Å². The standard InChI is InChI=1S/C14H21NO3/c1-10-11(2)13(18-4)8-7-12(10)15(3)9-5-6-14(16)17/h7-8H,5-6,9H2,1-4H3,(H,16,17). The third-order valence-electron chi connectivity index (χ3n) is 3.22. The number of benzene rings is 1. The molecule has 1 N–H and O–H groups in total. The monoisotopic (exact) mass is 251 g/mol. The van der Waals surface area contributed by atoms with Gasteiger partial charge in [0, 0.05) is 25.7 Å². The first-order chi connectivity index (χ1) is 8.47. The van der Waals surface area contributed by atoms with Crippen molar-refractivity contribution in [2.45, 2.75) is 26.7 Å². The smallest absolute Gasteiger partial charge is 0.303 e. The quantitative estimate of drug-likeness (QED) is 0.844. The summed E-state index contributed by atoms with van der Waals surface area (Å²) in [5, 5.41) is 8.63. The van der Waals surface area contributed by atoms with Gasteiger partial charge in [0.15, 0.2) is 0 Å². The summed E-state index contributed by atoms with van der Waals surface area (Å²) in [4.78, 5) is 12.6. The number of carboxylic acids is 1. The number of aliphatic carboxylic acids is 1. The number of ether oxygens (including phenoxy) is 1. The molecule has 1 rings (SSSR count). The highest BCUT2D eigenvalue weighted by Gasteiger charge is 2.10. The predicted molar refractivity (Wildman–Crippen MR) is 72.6 cm³/mol. The molecule has 0 aliphatic heterocycles. The Balaban J connectivity index is 2.77. The maximum atomic E-state index is 10.5. The molecule has 0 saturated carbocycles. The Labute approximate surface area is 108 Å². The fourth-order valence-electron chi connectivity index (χ4n) is 2.00. The molecule has 18 heavy (non-hydrogen) atoms. The van der Waals surface area contributed by atoms with Crippen LogP contribution in [-0.4, -0.2) is 31.8 Å². The van der Waals surface area contributed by atoms with Crippen LogP contribution in [-0.2, 0) is 4.79 Å². The average molecular weight is 251 g/mol. The van der Waals surface area contributed by atoms with Crippen LogP contribution in [0.25, 0.3) is 0 Å². The minimum absolute atomic E-state index is 0.207. The number of carbonyl (C=O) groups is 1. The van der Waals surface area contributed by atoms with E-state index in [1.807, 2.05) is 26.1 Å². The van der Waals surface area contributed by atoms with Crippen LogP contribution in [0, 0.1) is 13.8 Å². The third-order valence-corrected chi connectivity index (χ3v) is 3.22. The van der Waals surface area contributed by atoms with Crippen molar-refractivity contribution in [3.8, 4) is 5.75 Å². The van der Waals surface area contributed by atoms with Gasteiger partial charge in [0.2, 0.25) is 0 Å². The predicted octanol–water partition coefficient (Wildman–Crippen LogP) is 2.61. The number of nitrogens with zero attached hydrogens (tertiary/aromatic N) is 1. The first-order valence-corrected chi connectivity index (χ1v) is 6.04. The molecule has 4 nitrogen and oxygen atoms in total. The van der Waals surface area contributed by atoms with Gasteiger partial charge in [0.1, 0.15) is 5.75 Å². The lowest BCUT2D eigenvalue weighted by atomic mass is 10.1. The van der Waals surface area contributed by atoms with Crippen LogP contribution >= 0.6 is 0 Å². The first-order valence-electron chi connectivity index (χ1n) is 6.04. The summed E-state index contributed by atoms with van der Waals surface area (Å²) >= 11 is 0. The lowest BCUT2D eigenvalue weighted by Crippen LogP contribution is -2.20. The van der Waals surface area contributed by atoms with Gasteiger partial charge in [-0.3, -0.25) is 4.79 Å². The highest BCUT2D eigenvalue weighted by molar-refractivity contribution is 5.66. The number of hydrogen-bond donors (Lipinski definition) is 1. The van der Waals surface area contributed by atoms with Gasteiger partial charge >= 0.3 is 5.97 Å². The van der Waals surface area contributed by atoms with Crippen LogP contribution in [0.3, 0.4) is 0 Å². The minimum Gasteiger partial charge on any atom is -0.496 e. The molecule has 0 aliphatic rings. The summed E-state index contributed by atoms with van der Waals surface area (Å²) in [7, 11) is 3.65. The van der Waals surface area contributed by atoms with Crippen LogP contribution < -0.4 is 9.64 Å². The molecule has 0 bridgehead atoms. The highest BCUT2D eigenvalue weighted by Crippen LogP contribution is 2.29. The second kappa shape index (κ2) is 6.28. The van der Waals surface area contributed by atoms with Crippen molar-refractivity contribution in [2.75, 3.05) is 25.6 Å². The Bertz CT molecular complexity index is 429. The molecule has 0 heterocycles. The van der Waals surface area contributed by atoms with Crippen molar-refractivity contribution in [1.82, 2.24) is 0 Å². The summed E-state index contributed by atoms with van der Waals surface area (Å²) in [6, 6.07) is 3.97. The van der Waals surface area contributed by atoms with Crippen LogP contribution in [0.1, 0.15) is 24.0 Å². The summed E-state index contributed by atoms with van der Waals surface area (Å²) < 4.78 is 5.28. The largest absolute Gasteiger partial charge is 0.496 e. The van der Waals surface area contributed by atoms with Gasteiger partial charge in [-0.2, -0.15) is 0 Å². The molecule has 0 aromatic heterocycles. The summed E-state index contributed by atoms with van der Waals surface area (Å²) in [5.41, 5.74) is 3.42. The number of anilines is 1. The lowest BCUT2D eigenvalue weighted by molar-refractivity contribution is -0.137. The molecule has 0 atom stereocenters. The van der Waals surface area contributed by atoms with E-state index in [0.29, 0.717) is 6.42 Å². The number of carboxylic acid groups (broad SMARTS) is 1. The Morgan fingerprint density at radius 1 is 1.33 bits per heavy atom. The zero-order valence-corrected chi connectivity index (χ0v) is 11.5. The van der Waals surface area contributed by atoms with Gasteiger partial charge in [-0.15, -0.1) is 0 Å². The van der Waals surface area contributed by atoms with Gasteiger partial charge < -0.3 is 14.7 Å². The molecule has 0 unspecified atom stereocenters. The second-order valence-electron chi connectivity index (χ2n) is 4.46. The molecule has 4 heteroatoms. The maximum absolute atomic E-state index is 10.5. The lowest BCUT2D eigenvalue weighted by Gasteiger charge is -2.23.